The Labute approximate surface area is 201 Å². The molecule has 34 heavy (non-hydrogen) atoms. The van der Waals surface area contributed by atoms with Crippen LogP contribution in [-0.2, 0) is 6.54 Å². The lowest BCUT2D eigenvalue weighted by Gasteiger charge is -2.25. The molecule has 1 atom stereocenters. The van der Waals surface area contributed by atoms with Gasteiger partial charge in [-0.25, -0.2) is 4.98 Å². The number of aryl methyl sites for hydroxylation is 1. The highest BCUT2D eigenvalue weighted by Gasteiger charge is 2.14. The molecule has 3 aromatic carbocycles. The van der Waals surface area contributed by atoms with Crippen molar-refractivity contribution in [3.63, 3.8) is 0 Å². The molecule has 0 aliphatic rings. The first kappa shape index (κ1) is 23.5. The van der Waals surface area contributed by atoms with Crippen LogP contribution in [0, 0.1) is 6.92 Å². The molecule has 4 rings (SSSR count). The van der Waals surface area contributed by atoms with Crippen LogP contribution < -0.4 is 9.47 Å². The topological polar surface area (TPSA) is 59.8 Å². The van der Waals surface area contributed by atoms with Gasteiger partial charge in [-0.05, 0) is 54.4 Å². The summed E-state index contributed by atoms with van der Waals surface area (Å²) in [4.78, 5) is 6.27. The summed E-state index contributed by atoms with van der Waals surface area (Å²) in [6.07, 6.45) is 4.82. The molecule has 0 saturated heterocycles. The standard InChI is InChI=1S/C28H31N3O3/c1-23-6-5-9-28(18-23)34-21-26(32)20-30(19-24-7-3-2-4-8-24)16-17-33-27-12-10-25(11-13-27)31-15-14-29-22-31/h2-15,18,22,26,32H,16-17,19-21H2,1H3. The van der Waals surface area contributed by atoms with E-state index >= 15 is 0 Å². The van der Waals surface area contributed by atoms with Gasteiger partial charge in [0.15, 0.2) is 0 Å². The quantitative estimate of drug-likeness (QED) is 0.339. The average Bonchev–Trinajstić information content (AvgIpc) is 3.39. The Hall–Kier alpha value is -3.61. The van der Waals surface area contributed by atoms with E-state index in [4.69, 9.17) is 9.47 Å². The van der Waals surface area contributed by atoms with Crippen LogP contribution in [0.2, 0.25) is 0 Å². The fraction of sp³-hybridized carbons (Fsp3) is 0.250. The second-order valence-corrected chi connectivity index (χ2v) is 8.31. The Bertz CT molecular complexity index is 1120. The zero-order valence-corrected chi connectivity index (χ0v) is 19.5. The smallest absolute Gasteiger partial charge is 0.119 e. The number of aromatic nitrogens is 2. The van der Waals surface area contributed by atoms with Crippen LogP contribution in [0.25, 0.3) is 5.69 Å². The first-order valence-electron chi connectivity index (χ1n) is 11.5. The molecule has 4 aromatic rings. The van der Waals surface area contributed by atoms with Gasteiger partial charge in [0.2, 0.25) is 0 Å². The molecule has 1 aromatic heterocycles. The first-order valence-corrected chi connectivity index (χ1v) is 11.5. The van der Waals surface area contributed by atoms with E-state index in [1.807, 2.05) is 84.4 Å². The van der Waals surface area contributed by atoms with Gasteiger partial charge in [-0.1, -0.05) is 42.5 Å². The number of aliphatic hydroxyl groups excluding tert-OH is 1. The summed E-state index contributed by atoms with van der Waals surface area (Å²) in [6, 6.07) is 26.1. The molecule has 1 N–H and O–H groups in total. The van der Waals surface area contributed by atoms with Crippen LogP contribution in [0.1, 0.15) is 11.1 Å². The summed E-state index contributed by atoms with van der Waals surface area (Å²) in [5.41, 5.74) is 3.36. The van der Waals surface area contributed by atoms with Crippen molar-refractivity contribution in [2.75, 3.05) is 26.3 Å². The summed E-state index contributed by atoms with van der Waals surface area (Å²) in [7, 11) is 0. The van der Waals surface area contributed by atoms with Crippen LogP contribution in [0.3, 0.4) is 0 Å². The third-order valence-electron chi connectivity index (χ3n) is 5.47. The lowest BCUT2D eigenvalue weighted by molar-refractivity contribution is 0.0605. The van der Waals surface area contributed by atoms with Crippen LogP contribution in [0.15, 0.2) is 97.6 Å². The number of imidazole rings is 1. The molecular formula is C28H31N3O3. The molecule has 176 valence electrons. The number of hydrogen-bond donors (Lipinski definition) is 1. The Morgan fingerprint density at radius 2 is 1.76 bits per heavy atom. The fourth-order valence-electron chi connectivity index (χ4n) is 3.74. The highest BCUT2D eigenvalue weighted by atomic mass is 16.5. The van der Waals surface area contributed by atoms with Crippen molar-refractivity contribution in [2.24, 2.45) is 0 Å². The molecule has 1 unspecified atom stereocenters. The summed E-state index contributed by atoms with van der Waals surface area (Å²) in [5.74, 6) is 1.59. The van der Waals surface area contributed by atoms with Crippen molar-refractivity contribution in [1.29, 1.82) is 0 Å². The normalized spacial score (nSPS) is 12.0. The molecular weight excluding hydrogens is 426 g/mol. The Balaban J connectivity index is 1.30. The molecule has 0 fully saturated rings. The van der Waals surface area contributed by atoms with E-state index in [1.165, 1.54) is 5.56 Å². The first-order chi connectivity index (χ1) is 16.7. The number of benzene rings is 3. The molecule has 0 bridgehead atoms. The monoisotopic (exact) mass is 457 g/mol. The molecule has 0 aliphatic carbocycles. The van der Waals surface area contributed by atoms with E-state index in [-0.39, 0.29) is 6.61 Å². The SMILES string of the molecule is Cc1cccc(OCC(O)CN(CCOc2ccc(-n3ccnc3)cc2)Cc2ccccc2)c1. The van der Waals surface area contributed by atoms with E-state index < -0.39 is 6.10 Å². The molecule has 6 heteroatoms. The van der Waals surface area contributed by atoms with E-state index in [1.54, 1.807) is 12.5 Å². The molecule has 0 spiro atoms. The highest BCUT2D eigenvalue weighted by Crippen LogP contribution is 2.16. The van der Waals surface area contributed by atoms with Gasteiger partial charge >= 0.3 is 0 Å². The third kappa shape index (κ3) is 7.20. The molecule has 6 nitrogen and oxygen atoms in total. The Morgan fingerprint density at radius 3 is 2.50 bits per heavy atom. The van der Waals surface area contributed by atoms with Crippen LogP contribution in [0.4, 0.5) is 0 Å². The number of rotatable bonds is 12. The predicted molar refractivity (Wildman–Crippen MR) is 133 cm³/mol. The minimum absolute atomic E-state index is 0.241. The van der Waals surface area contributed by atoms with Gasteiger partial charge in [-0.2, -0.15) is 0 Å². The van der Waals surface area contributed by atoms with Crippen LogP contribution in [-0.4, -0.2) is 52.0 Å². The van der Waals surface area contributed by atoms with Crippen molar-refractivity contribution in [3.05, 3.63) is 109 Å². The van der Waals surface area contributed by atoms with E-state index in [0.29, 0.717) is 19.7 Å². The number of aliphatic hydroxyl groups is 1. The summed E-state index contributed by atoms with van der Waals surface area (Å²) in [6.45, 7) is 4.68. The van der Waals surface area contributed by atoms with E-state index in [2.05, 4.69) is 22.0 Å². The second-order valence-electron chi connectivity index (χ2n) is 8.31. The zero-order chi connectivity index (χ0) is 23.6. The summed E-state index contributed by atoms with van der Waals surface area (Å²) in [5, 5.41) is 10.7. The van der Waals surface area contributed by atoms with Gasteiger partial charge < -0.3 is 19.1 Å². The molecule has 1 heterocycles. The van der Waals surface area contributed by atoms with Crippen LogP contribution in [0.5, 0.6) is 11.5 Å². The van der Waals surface area contributed by atoms with Crippen LogP contribution >= 0.6 is 0 Å². The predicted octanol–water partition coefficient (Wildman–Crippen LogP) is 4.50. The lowest BCUT2D eigenvalue weighted by atomic mass is 10.2. The maximum atomic E-state index is 10.7. The molecule has 0 amide bonds. The van der Waals surface area contributed by atoms with Gasteiger partial charge in [0.05, 0.1) is 6.33 Å². The van der Waals surface area contributed by atoms with Gasteiger partial charge in [0, 0.05) is 37.7 Å². The molecule has 0 aliphatic heterocycles. The van der Waals surface area contributed by atoms with Crippen molar-refractivity contribution < 1.29 is 14.6 Å². The maximum absolute atomic E-state index is 10.7. The summed E-state index contributed by atoms with van der Waals surface area (Å²) < 4.78 is 13.7. The Morgan fingerprint density at radius 1 is 0.941 bits per heavy atom. The number of hydrogen-bond acceptors (Lipinski definition) is 5. The third-order valence-corrected chi connectivity index (χ3v) is 5.47. The number of ether oxygens (including phenoxy) is 2. The number of nitrogens with zero attached hydrogens (tertiary/aromatic N) is 3. The molecule has 0 radical (unpaired) electrons. The molecule has 0 saturated carbocycles. The van der Waals surface area contributed by atoms with Gasteiger partial charge in [0.25, 0.3) is 0 Å². The summed E-state index contributed by atoms with van der Waals surface area (Å²) >= 11 is 0. The highest BCUT2D eigenvalue weighted by molar-refractivity contribution is 5.37. The van der Waals surface area contributed by atoms with E-state index in [9.17, 15) is 5.11 Å². The average molecular weight is 458 g/mol. The minimum atomic E-state index is -0.612. The Kier molecular flexibility index (Phi) is 8.32. The lowest BCUT2D eigenvalue weighted by Crippen LogP contribution is -2.37. The minimum Gasteiger partial charge on any atom is -0.492 e. The van der Waals surface area contributed by atoms with Crippen molar-refractivity contribution in [2.45, 2.75) is 19.6 Å². The van der Waals surface area contributed by atoms with Crippen molar-refractivity contribution in [3.8, 4) is 17.2 Å². The maximum Gasteiger partial charge on any atom is 0.119 e. The van der Waals surface area contributed by atoms with Crippen molar-refractivity contribution in [1.82, 2.24) is 14.5 Å². The van der Waals surface area contributed by atoms with Gasteiger partial charge in [-0.15, -0.1) is 0 Å². The van der Waals surface area contributed by atoms with Gasteiger partial charge in [-0.3, -0.25) is 4.90 Å². The fourth-order valence-corrected chi connectivity index (χ4v) is 3.74. The largest absolute Gasteiger partial charge is 0.492 e. The second kappa shape index (κ2) is 12.0. The van der Waals surface area contributed by atoms with Crippen molar-refractivity contribution >= 4 is 0 Å². The van der Waals surface area contributed by atoms with Gasteiger partial charge in [0.1, 0.15) is 30.8 Å². The zero-order valence-electron chi connectivity index (χ0n) is 19.5. The van der Waals surface area contributed by atoms with E-state index in [0.717, 1.165) is 29.3 Å².